The largest absolute Gasteiger partial charge is 0.318 e. The fourth-order valence-corrected chi connectivity index (χ4v) is 2.92. The molecule has 0 spiro atoms. The molecule has 0 saturated heterocycles. The SMILES string of the molecule is C=NC12CC1(/C=C\C)N(c1ccccc1C)C=N2. The van der Waals surface area contributed by atoms with Gasteiger partial charge in [0.05, 0.1) is 6.34 Å². The van der Waals surface area contributed by atoms with Crippen molar-refractivity contribution in [2.24, 2.45) is 9.98 Å². The monoisotopic (exact) mass is 239 g/mol. The minimum atomic E-state index is -0.359. The number of fused-ring (bicyclic) bond motifs is 1. The van der Waals surface area contributed by atoms with Gasteiger partial charge in [0, 0.05) is 12.1 Å². The summed E-state index contributed by atoms with van der Waals surface area (Å²) in [5.74, 6) is 0. The number of rotatable bonds is 3. The lowest BCUT2D eigenvalue weighted by atomic mass is 10.1. The van der Waals surface area contributed by atoms with Gasteiger partial charge in [0.1, 0.15) is 5.54 Å². The van der Waals surface area contributed by atoms with E-state index in [1.54, 1.807) is 0 Å². The third-order valence-electron chi connectivity index (χ3n) is 3.98. The highest BCUT2D eigenvalue weighted by molar-refractivity contribution is 5.90. The van der Waals surface area contributed by atoms with Crippen molar-refractivity contribution in [3.05, 3.63) is 42.0 Å². The second-order valence-electron chi connectivity index (χ2n) is 4.98. The summed E-state index contributed by atoms with van der Waals surface area (Å²) in [6.45, 7) is 7.87. The predicted octanol–water partition coefficient (Wildman–Crippen LogP) is 2.96. The number of benzene rings is 1. The summed E-state index contributed by atoms with van der Waals surface area (Å²) in [6.07, 6.45) is 7.09. The van der Waals surface area contributed by atoms with Crippen LogP contribution in [0.5, 0.6) is 0 Å². The number of para-hydroxylation sites is 1. The Bertz CT molecular complexity index is 561. The molecule has 1 aromatic carbocycles. The number of hydrogen-bond acceptors (Lipinski definition) is 3. The lowest BCUT2D eigenvalue weighted by Crippen LogP contribution is -2.36. The lowest BCUT2D eigenvalue weighted by Gasteiger charge is -2.26. The summed E-state index contributed by atoms with van der Waals surface area (Å²) in [6, 6.07) is 8.36. The Morgan fingerprint density at radius 2 is 2.22 bits per heavy atom. The first-order valence-electron chi connectivity index (χ1n) is 6.21. The van der Waals surface area contributed by atoms with Crippen molar-refractivity contribution in [2.75, 3.05) is 4.90 Å². The number of nitrogens with zero attached hydrogens (tertiary/aromatic N) is 3. The van der Waals surface area contributed by atoms with Crippen molar-refractivity contribution in [3.8, 4) is 0 Å². The molecule has 1 aliphatic heterocycles. The van der Waals surface area contributed by atoms with E-state index in [0.29, 0.717) is 0 Å². The molecule has 0 radical (unpaired) electrons. The first kappa shape index (κ1) is 11.2. The van der Waals surface area contributed by atoms with Crippen LogP contribution < -0.4 is 4.90 Å². The van der Waals surface area contributed by atoms with Gasteiger partial charge in [-0.15, -0.1) is 0 Å². The highest BCUT2D eigenvalue weighted by atomic mass is 15.4. The van der Waals surface area contributed by atoms with Gasteiger partial charge in [0.25, 0.3) is 0 Å². The van der Waals surface area contributed by atoms with E-state index in [9.17, 15) is 0 Å². The topological polar surface area (TPSA) is 28.0 Å². The molecule has 3 rings (SSSR count). The number of allylic oxidation sites excluding steroid dienone is 1. The zero-order chi connectivity index (χ0) is 12.8. The van der Waals surface area contributed by atoms with Gasteiger partial charge in [-0.2, -0.15) is 0 Å². The van der Waals surface area contributed by atoms with Crippen LogP contribution in [0.3, 0.4) is 0 Å². The van der Waals surface area contributed by atoms with E-state index in [-0.39, 0.29) is 11.2 Å². The van der Waals surface area contributed by atoms with Crippen LogP contribution in [0.2, 0.25) is 0 Å². The normalized spacial score (nSPS) is 32.9. The van der Waals surface area contributed by atoms with Crippen LogP contribution in [-0.4, -0.2) is 24.3 Å². The Morgan fingerprint density at radius 1 is 1.44 bits per heavy atom. The highest BCUT2D eigenvalue weighted by Crippen LogP contribution is 2.60. The van der Waals surface area contributed by atoms with Gasteiger partial charge in [-0.1, -0.05) is 30.4 Å². The van der Waals surface area contributed by atoms with Crippen LogP contribution in [0, 0.1) is 6.92 Å². The molecule has 0 amide bonds. The highest BCUT2D eigenvalue weighted by Gasteiger charge is 2.73. The molecule has 1 aromatic rings. The Labute approximate surface area is 108 Å². The second-order valence-corrected chi connectivity index (χ2v) is 4.98. The zero-order valence-corrected chi connectivity index (χ0v) is 10.8. The summed E-state index contributed by atoms with van der Waals surface area (Å²) in [5.41, 5.74) is 1.96. The maximum atomic E-state index is 4.57. The molecule has 1 saturated carbocycles. The molecule has 1 heterocycles. The Kier molecular flexibility index (Phi) is 2.21. The molecule has 92 valence electrons. The molecule has 3 heteroatoms. The van der Waals surface area contributed by atoms with E-state index in [1.165, 1.54) is 11.3 Å². The maximum Gasteiger partial charge on any atom is 0.180 e. The van der Waals surface area contributed by atoms with Crippen LogP contribution in [0.1, 0.15) is 18.9 Å². The van der Waals surface area contributed by atoms with Crippen molar-refractivity contribution in [3.63, 3.8) is 0 Å². The molecule has 0 bridgehead atoms. The van der Waals surface area contributed by atoms with Gasteiger partial charge in [0.15, 0.2) is 5.66 Å². The van der Waals surface area contributed by atoms with Crippen LogP contribution in [-0.2, 0) is 0 Å². The van der Waals surface area contributed by atoms with Gasteiger partial charge in [-0.05, 0) is 32.2 Å². The van der Waals surface area contributed by atoms with E-state index in [0.717, 1.165) is 6.42 Å². The molecule has 2 aliphatic rings. The average molecular weight is 239 g/mol. The molecule has 1 aliphatic carbocycles. The van der Waals surface area contributed by atoms with E-state index in [2.05, 4.69) is 64.9 Å². The molecule has 2 unspecified atom stereocenters. The molecule has 18 heavy (non-hydrogen) atoms. The molecule has 0 aromatic heterocycles. The predicted molar refractivity (Wildman–Crippen MR) is 76.6 cm³/mol. The van der Waals surface area contributed by atoms with Crippen molar-refractivity contribution >= 4 is 18.7 Å². The summed E-state index contributed by atoms with van der Waals surface area (Å²) in [5, 5.41) is 0. The number of hydrogen-bond donors (Lipinski definition) is 0. The van der Waals surface area contributed by atoms with Crippen LogP contribution in [0.15, 0.2) is 46.4 Å². The Morgan fingerprint density at radius 3 is 2.83 bits per heavy atom. The van der Waals surface area contributed by atoms with E-state index in [4.69, 9.17) is 0 Å². The fraction of sp³-hybridized carbons (Fsp3) is 0.333. The molecular weight excluding hydrogens is 222 g/mol. The van der Waals surface area contributed by atoms with Crippen LogP contribution in [0.25, 0.3) is 0 Å². The minimum absolute atomic E-state index is 0.129. The van der Waals surface area contributed by atoms with Crippen LogP contribution in [0.4, 0.5) is 5.69 Å². The number of anilines is 1. The lowest BCUT2D eigenvalue weighted by molar-refractivity contribution is 0.663. The van der Waals surface area contributed by atoms with Crippen molar-refractivity contribution < 1.29 is 0 Å². The maximum absolute atomic E-state index is 4.57. The smallest absolute Gasteiger partial charge is 0.180 e. The van der Waals surface area contributed by atoms with E-state index < -0.39 is 0 Å². The van der Waals surface area contributed by atoms with Gasteiger partial charge in [-0.3, -0.25) is 4.99 Å². The quantitative estimate of drug-likeness (QED) is 0.588. The van der Waals surface area contributed by atoms with Crippen molar-refractivity contribution in [2.45, 2.75) is 31.5 Å². The first-order chi connectivity index (χ1) is 8.69. The van der Waals surface area contributed by atoms with Crippen LogP contribution >= 0.6 is 0 Å². The van der Waals surface area contributed by atoms with Crippen molar-refractivity contribution in [1.29, 1.82) is 0 Å². The molecule has 2 atom stereocenters. The molecule has 1 fully saturated rings. The molecular formula is C15H17N3. The zero-order valence-electron chi connectivity index (χ0n) is 10.8. The van der Waals surface area contributed by atoms with E-state index in [1.807, 2.05) is 13.3 Å². The summed E-state index contributed by atoms with van der Waals surface area (Å²) in [7, 11) is 0. The van der Waals surface area contributed by atoms with Gasteiger partial charge >= 0.3 is 0 Å². The summed E-state index contributed by atoms with van der Waals surface area (Å²) >= 11 is 0. The molecule has 0 N–H and O–H groups in total. The van der Waals surface area contributed by atoms with Gasteiger partial charge < -0.3 is 4.90 Å². The third kappa shape index (κ3) is 1.19. The summed E-state index contributed by atoms with van der Waals surface area (Å²) < 4.78 is 0. The van der Waals surface area contributed by atoms with E-state index >= 15 is 0 Å². The van der Waals surface area contributed by atoms with Crippen molar-refractivity contribution in [1.82, 2.24) is 0 Å². The summed E-state index contributed by atoms with van der Waals surface area (Å²) in [4.78, 5) is 11.1. The van der Waals surface area contributed by atoms with Gasteiger partial charge in [0.2, 0.25) is 0 Å². The van der Waals surface area contributed by atoms with Gasteiger partial charge in [-0.25, -0.2) is 4.99 Å². The average Bonchev–Trinajstić information content (AvgIpc) is 2.92. The molecule has 3 nitrogen and oxygen atoms in total. The Balaban J connectivity index is 2.08. The fourth-order valence-electron chi connectivity index (χ4n) is 2.92. The number of aryl methyl sites for hydroxylation is 1. The Hall–Kier alpha value is -1.90. The third-order valence-corrected chi connectivity index (χ3v) is 3.98. The second kappa shape index (κ2) is 3.55. The minimum Gasteiger partial charge on any atom is -0.318 e. The standard InChI is InChI=1S/C15H17N3/c1-4-9-14-10-15(14,16-3)17-11-18(14)13-8-6-5-7-12(13)2/h4-9,11H,3,10H2,1-2H3/b9-4-. The first-order valence-corrected chi connectivity index (χ1v) is 6.21. The number of aliphatic imine (C=N–C) groups is 2.